The van der Waals surface area contributed by atoms with Crippen LogP contribution in [0, 0.1) is 6.92 Å². The molecule has 19 heavy (non-hydrogen) atoms. The lowest BCUT2D eigenvalue weighted by atomic mass is 10.00. The van der Waals surface area contributed by atoms with Crippen molar-refractivity contribution in [3.63, 3.8) is 0 Å². The summed E-state index contributed by atoms with van der Waals surface area (Å²) in [5, 5.41) is 4.76. The highest BCUT2D eigenvalue weighted by Crippen LogP contribution is 2.34. The smallest absolute Gasteiger partial charge is 0.138 e. The van der Waals surface area contributed by atoms with E-state index in [1.807, 2.05) is 0 Å². The minimum Gasteiger partial charge on any atom is -0.459 e. The molecule has 0 saturated heterocycles. The molecule has 2 nitrogen and oxygen atoms in total. The van der Waals surface area contributed by atoms with Crippen LogP contribution in [0.3, 0.4) is 0 Å². The molecule has 1 aromatic carbocycles. The van der Waals surface area contributed by atoms with Gasteiger partial charge < -0.3 is 9.73 Å². The molecule has 1 aromatic heterocycles. The molecule has 0 radical (unpaired) electrons. The van der Waals surface area contributed by atoms with E-state index >= 15 is 0 Å². The van der Waals surface area contributed by atoms with Gasteiger partial charge in [-0.05, 0) is 43.9 Å². The fraction of sp³-hybridized carbons (Fsp3) is 0.529. The van der Waals surface area contributed by atoms with Crippen molar-refractivity contribution in [3.8, 4) is 0 Å². The van der Waals surface area contributed by atoms with Gasteiger partial charge in [-0.2, -0.15) is 0 Å². The van der Waals surface area contributed by atoms with Crippen molar-refractivity contribution < 1.29 is 4.42 Å². The first-order valence-electron chi connectivity index (χ1n) is 7.31. The molecule has 2 heteroatoms. The Labute approximate surface area is 116 Å². The van der Waals surface area contributed by atoms with Crippen molar-refractivity contribution in [2.75, 3.05) is 6.54 Å². The zero-order chi connectivity index (χ0) is 14.0. The third kappa shape index (κ3) is 2.69. The second kappa shape index (κ2) is 5.79. The van der Waals surface area contributed by atoms with Crippen LogP contribution in [0.1, 0.15) is 63.0 Å². The fourth-order valence-electron chi connectivity index (χ4n) is 2.60. The molecule has 104 valence electrons. The quantitative estimate of drug-likeness (QED) is 0.824. The molecule has 0 aliphatic heterocycles. The molecular weight excluding hydrogens is 234 g/mol. The van der Waals surface area contributed by atoms with Gasteiger partial charge in [0.05, 0.1) is 6.04 Å². The van der Waals surface area contributed by atoms with Gasteiger partial charge in [0.25, 0.3) is 0 Å². The highest BCUT2D eigenvalue weighted by Gasteiger charge is 2.18. The molecule has 1 heterocycles. The molecule has 0 aliphatic carbocycles. The van der Waals surface area contributed by atoms with Crippen LogP contribution < -0.4 is 5.32 Å². The molecule has 0 spiro atoms. The van der Waals surface area contributed by atoms with E-state index in [-0.39, 0.29) is 6.04 Å². The molecule has 0 saturated carbocycles. The van der Waals surface area contributed by atoms with E-state index in [1.165, 1.54) is 16.5 Å². The van der Waals surface area contributed by atoms with Gasteiger partial charge in [0.15, 0.2) is 0 Å². The van der Waals surface area contributed by atoms with E-state index in [0.29, 0.717) is 5.92 Å². The second-order valence-electron chi connectivity index (χ2n) is 5.65. The normalized spacial score (nSPS) is 13.4. The summed E-state index contributed by atoms with van der Waals surface area (Å²) in [6.07, 6.45) is 1.14. The first kappa shape index (κ1) is 14.1. The Kier molecular flexibility index (Phi) is 4.31. The molecule has 0 bridgehead atoms. The summed E-state index contributed by atoms with van der Waals surface area (Å²) in [5.41, 5.74) is 3.64. The summed E-state index contributed by atoms with van der Waals surface area (Å²) in [6.45, 7) is 12.0. The Hall–Kier alpha value is -1.28. The second-order valence-corrected chi connectivity index (χ2v) is 5.65. The fourth-order valence-corrected chi connectivity index (χ4v) is 2.60. The summed E-state index contributed by atoms with van der Waals surface area (Å²) in [4.78, 5) is 0. The molecule has 0 amide bonds. The van der Waals surface area contributed by atoms with Crippen molar-refractivity contribution in [2.24, 2.45) is 0 Å². The van der Waals surface area contributed by atoms with Gasteiger partial charge in [-0.1, -0.05) is 39.0 Å². The first-order chi connectivity index (χ1) is 9.06. The van der Waals surface area contributed by atoms with Crippen molar-refractivity contribution in [3.05, 3.63) is 35.1 Å². The van der Waals surface area contributed by atoms with E-state index in [9.17, 15) is 0 Å². The Morgan fingerprint density at radius 3 is 2.58 bits per heavy atom. The number of nitrogens with one attached hydrogen (secondary N) is 1. The highest BCUT2D eigenvalue weighted by atomic mass is 16.3. The summed E-state index contributed by atoms with van der Waals surface area (Å²) in [5.74, 6) is 1.57. The third-order valence-corrected chi connectivity index (χ3v) is 3.75. The number of benzene rings is 1. The van der Waals surface area contributed by atoms with Crippen LogP contribution in [0.15, 0.2) is 22.6 Å². The summed E-state index contributed by atoms with van der Waals surface area (Å²) in [7, 11) is 0. The van der Waals surface area contributed by atoms with Gasteiger partial charge in [-0.3, -0.25) is 0 Å². The lowest BCUT2D eigenvalue weighted by Gasteiger charge is -2.11. The molecule has 2 rings (SSSR count). The standard InChI is InChI=1S/C17H25NO/c1-6-10-18-13(5)16-12(4)15-9-7-8-14(11(2)3)17(15)19-16/h7-9,11,13,18H,6,10H2,1-5H3. The van der Waals surface area contributed by atoms with Gasteiger partial charge in [0, 0.05) is 5.39 Å². The zero-order valence-corrected chi connectivity index (χ0v) is 12.7. The predicted molar refractivity (Wildman–Crippen MR) is 81.7 cm³/mol. The van der Waals surface area contributed by atoms with E-state index in [1.54, 1.807) is 0 Å². The first-order valence-corrected chi connectivity index (χ1v) is 7.31. The SMILES string of the molecule is CCCNC(C)c1oc2c(C(C)C)cccc2c1C. The van der Waals surface area contributed by atoms with E-state index < -0.39 is 0 Å². The van der Waals surface area contributed by atoms with Gasteiger partial charge in [0.2, 0.25) is 0 Å². The van der Waals surface area contributed by atoms with E-state index in [2.05, 4.69) is 58.1 Å². The molecule has 1 atom stereocenters. The van der Waals surface area contributed by atoms with Crippen LogP contribution in [0.5, 0.6) is 0 Å². The predicted octanol–water partition coefficient (Wildman–Crippen LogP) is 4.93. The van der Waals surface area contributed by atoms with Gasteiger partial charge >= 0.3 is 0 Å². The Morgan fingerprint density at radius 2 is 1.95 bits per heavy atom. The summed E-state index contributed by atoms with van der Waals surface area (Å²) in [6, 6.07) is 6.74. The maximum atomic E-state index is 6.19. The molecular formula is C17H25NO. The topological polar surface area (TPSA) is 25.2 Å². The van der Waals surface area contributed by atoms with Crippen molar-refractivity contribution in [1.29, 1.82) is 0 Å². The highest BCUT2D eigenvalue weighted by molar-refractivity contribution is 5.85. The van der Waals surface area contributed by atoms with E-state index in [4.69, 9.17) is 4.42 Å². The third-order valence-electron chi connectivity index (χ3n) is 3.75. The molecule has 0 fully saturated rings. The van der Waals surface area contributed by atoms with Crippen LogP contribution >= 0.6 is 0 Å². The molecule has 0 aliphatic rings. The Bertz CT molecular complexity index is 554. The van der Waals surface area contributed by atoms with Crippen molar-refractivity contribution >= 4 is 11.0 Å². The molecule has 2 aromatic rings. The van der Waals surface area contributed by atoms with Gasteiger partial charge in [-0.15, -0.1) is 0 Å². The van der Waals surface area contributed by atoms with Crippen LogP contribution in [0.2, 0.25) is 0 Å². The van der Waals surface area contributed by atoms with Gasteiger partial charge in [0.1, 0.15) is 11.3 Å². The molecule has 1 N–H and O–H groups in total. The number of fused-ring (bicyclic) bond motifs is 1. The maximum Gasteiger partial charge on any atom is 0.138 e. The minimum absolute atomic E-state index is 0.271. The molecule has 1 unspecified atom stereocenters. The lowest BCUT2D eigenvalue weighted by molar-refractivity contribution is 0.447. The average molecular weight is 259 g/mol. The number of rotatable bonds is 5. The van der Waals surface area contributed by atoms with Crippen molar-refractivity contribution in [1.82, 2.24) is 5.32 Å². The number of hydrogen-bond acceptors (Lipinski definition) is 2. The summed E-state index contributed by atoms with van der Waals surface area (Å²) >= 11 is 0. The number of aryl methyl sites for hydroxylation is 1. The van der Waals surface area contributed by atoms with Crippen LogP contribution in [-0.2, 0) is 0 Å². The average Bonchev–Trinajstić information content (AvgIpc) is 2.73. The Morgan fingerprint density at radius 1 is 1.21 bits per heavy atom. The van der Waals surface area contributed by atoms with Crippen LogP contribution in [0.25, 0.3) is 11.0 Å². The largest absolute Gasteiger partial charge is 0.459 e. The summed E-state index contributed by atoms with van der Waals surface area (Å²) < 4.78 is 6.19. The van der Waals surface area contributed by atoms with E-state index in [0.717, 1.165) is 24.3 Å². The van der Waals surface area contributed by atoms with Crippen LogP contribution in [-0.4, -0.2) is 6.54 Å². The van der Waals surface area contributed by atoms with Crippen LogP contribution in [0.4, 0.5) is 0 Å². The lowest BCUT2D eigenvalue weighted by Crippen LogP contribution is -2.19. The Balaban J connectivity index is 2.47. The number of para-hydroxylation sites is 1. The number of hydrogen-bond donors (Lipinski definition) is 1. The number of furan rings is 1. The minimum atomic E-state index is 0.271. The van der Waals surface area contributed by atoms with Crippen molar-refractivity contribution in [2.45, 2.75) is 53.0 Å². The monoisotopic (exact) mass is 259 g/mol. The maximum absolute atomic E-state index is 6.19. The van der Waals surface area contributed by atoms with Gasteiger partial charge in [-0.25, -0.2) is 0 Å². The zero-order valence-electron chi connectivity index (χ0n) is 12.7.